The van der Waals surface area contributed by atoms with Crippen molar-refractivity contribution < 1.29 is 19.4 Å². The highest BCUT2D eigenvalue weighted by Gasteiger charge is 2.27. The lowest BCUT2D eigenvalue weighted by Gasteiger charge is -2.18. The van der Waals surface area contributed by atoms with Gasteiger partial charge in [-0.05, 0) is 24.3 Å². The van der Waals surface area contributed by atoms with Crippen molar-refractivity contribution in [1.29, 1.82) is 0 Å². The van der Waals surface area contributed by atoms with Crippen molar-refractivity contribution in [3.63, 3.8) is 0 Å². The number of thiophene rings is 1. The third kappa shape index (κ3) is 3.30. The molecule has 0 unspecified atom stereocenters. The lowest BCUT2D eigenvalue weighted by Crippen LogP contribution is -2.37. The van der Waals surface area contributed by atoms with Crippen molar-refractivity contribution in [2.24, 2.45) is 0 Å². The second-order valence-electron chi connectivity index (χ2n) is 4.18. The van der Waals surface area contributed by atoms with Gasteiger partial charge >= 0.3 is 5.97 Å². The second-order valence-corrected chi connectivity index (χ2v) is 5.16. The number of carboxylic acids is 1. The van der Waals surface area contributed by atoms with E-state index in [-0.39, 0.29) is 12.3 Å². The fraction of sp³-hybridized carbons (Fsp3) is 0.500. The normalized spacial score (nSPS) is 20.6. The molecule has 0 aromatic carbocycles. The van der Waals surface area contributed by atoms with Gasteiger partial charge < -0.3 is 15.2 Å². The molecular weight excluding hydrogens is 254 g/mol. The van der Waals surface area contributed by atoms with Crippen LogP contribution in [0.3, 0.4) is 0 Å². The highest BCUT2D eigenvalue weighted by Crippen LogP contribution is 2.23. The molecule has 18 heavy (non-hydrogen) atoms. The summed E-state index contributed by atoms with van der Waals surface area (Å²) in [4.78, 5) is 23.6. The van der Waals surface area contributed by atoms with Gasteiger partial charge in [0, 0.05) is 11.5 Å². The molecule has 0 aliphatic carbocycles. The zero-order valence-electron chi connectivity index (χ0n) is 9.80. The van der Waals surface area contributed by atoms with Crippen molar-refractivity contribution in [2.45, 2.75) is 31.4 Å². The summed E-state index contributed by atoms with van der Waals surface area (Å²) in [5.41, 5.74) is 0. The van der Waals surface area contributed by atoms with Gasteiger partial charge in [-0.3, -0.25) is 9.59 Å². The SMILES string of the molecule is O=C(O)C[C@H](NC(=O)[C@@H]1CCCO1)c1cccs1. The number of nitrogens with one attached hydrogen (secondary N) is 1. The summed E-state index contributed by atoms with van der Waals surface area (Å²) in [6, 6.07) is 3.19. The van der Waals surface area contributed by atoms with Crippen LogP contribution in [0.4, 0.5) is 0 Å². The van der Waals surface area contributed by atoms with E-state index in [0.717, 1.165) is 11.3 Å². The van der Waals surface area contributed by atoms with Crippen LogP contribution in [0.2, 0.25) is 0 Å². The molecule has 1 amide bonds. The summed E-state index contributed by atoms with van der Waals surface area (Å²) < 4.78 is 5.28. The molecule has 0 spiro atoms. The first-order chi connectivity index (χ1) is 8.66. The van der Waals surface area contributed by atoms with Crippen molar-refractivity contribution in [2.75, 3.05) is 6.61 Å². The Morgan fingerprint density at radius 2 is 2.44 bits per heavy atom. The molecule has 1 aliphatic heterocycles. The summed E-state index contributed by atoms with van der Waals surface area (Å²) in [6.07, 6.45) is 1.04. The van der Waals surface area contributed by atoms with Crippen LogP contribution in [-0.4, -0.2) is 29.7 Å². The largest absolute Gasteiger partial charge is 0.481 e. The third-order valence-corrected chi connectivity index (χ3v) is 3.79. The van der Waals surface area contributed by atoms with E-state index in [2.05, 4.69) is 5.32 Å². The van der Waals surface area contributed by atoms with Crippen LogP contribution in [0.25, 0.3) is 0 Å². The van der Waals surface area contributed by atoms with Gasteiger partial charge in [0.05, 0.1) is 12.5 Å². The fourth-order valence-corrected chi connectivity index (χ4v) is 2.71. The van der Waals surface area contributed by atoms with Gasteiger partial charge in [-0.1, -0.05) is 6.07 Å². The average molecular weight is 269 g/mol. The molecule has 1 aromatic heterocycles. The van der Waals surface area contributed by atoms with Crippen LogP contribution >= 0.6 is 11.3 Å². The van der Waals surface area contributed by atoms with Gasteiger partial charge in [-0.2, -0.15) is 0 Å². The monoisotopic (exact) mass is 269 g/mol. The minimum atomic E-state index is -0.930. The minimum absolute atomic E-state index is 0.112. The Bertz CT molecular complexity index is 412. The number of hydrogen-bond donors (Lipinski definition) is 2. The average Bonchev–Trinajstić information content (AvgIpc) is 3.01. The van der Waals surface area contributed by atoms with E-state index >= 15 is 0 Å². The summed E-state index contributed by atoms with van der Waals surface area (Å²) >= 11 is 1.44. The zero-order chi connectivity index (χ0) is 13.0. The first kappa shape index (κ1) is 13.0. The molecule has 1 saturated heterocycles. The number of rotatable bonds is 5. The highest BCUT2D eigenvalue weighted by molar-refractivity contribution is 7.10. The van der Waals surface area contributed by atoms with E-state index in [9.17, 15) is 9.59 Å². The molecule has 2 heterocycles. The maximum Gasteiger partial charge on any atom is 0.305 e. The van der Waals surface area contributed by atoms with E-state index in [1.165, 1.54) is 11.3 Å². The Kier molecular flexibility index (Phi) is 4.33. The van der Waals surface area contributed by atoms with Crippen molar-refractivity contribution in [1.82, 2.24) is 5.32 Å². The summed E-state index contributed by atoms with van der Waals surface area (Å²) in [7, 11) is 0. The number of carbonyl (C=O) groups excluding carboxylic acids is 1. The van der Waals surface area contributed by atoms with E-state index in [4.69, 9.17) is 9.84 Å². The van der Waals surface area contributed by atoms with E-state index in [0.29, 0.717) is 13.0 Å². The minimum Gasteiger partial charge on any atom is -0.481 e. The van der Waals surface area contributed by atoms with Gasteiger partial charge in [0.15, 0.2) is 0 Å². The van der Waals surface area contributed by atoms with Crippen molar-refractivity contribution in [3.05, 3.63) is 22.4 Å². The van der Waals surface area contributed by atoms with Crippen LogP contribution in [-0.2, 0) is 14.3 Å². The molecule has 98 valence electrons. The molecule has 0 bridgehead atoms. The molecule has 0 saturated carbocycles. The molecule has 2 atom stereocenters. The van der Waals surface area contributed by atoms with Crippen LogP contribution < -0.4 is 5.32 Å². The number of amides is 1. The predicted molar refractivity (Wildman–Crippen MR) is 66.4 cm³/mol. The van der Waals surface area contributed by atoms with Crippen LogP contribution in [0.1, 0.15) is 30.2 Å². The van der Waals surface area contributed by atoms with E-state index < -0.39 is 18.1 Å². The predicted octanol–water partition coefficient (Wildman–Crippen LogP) is 1.56. The molecule has 0 radical (unpaired) electrons. The molecule has 1 aliphatic rings. The summed E-state index contributed by atoms with van der Waals surface area (Å²) in [5, 5.41) is 13.5. The Balaban J connectivity index is 2.00. The number of carboxylic acid groups (broad SMARTS) is 1. The summed E-state index contributed by atoms with van der Waals surface area (Å²) in [5.74, 6) is -1.15. The van der Waals surface area contributed by atoms with Gasteiger partial charge in [0.1, 0.15) is 6.10 Å². The Hall–Kier alpha value is -1.40. The van der Waals surface area contributed by atoms with Crippen LogP contribution in [0.15, 0.2) is 17.5 Å². The third-order valence-electron chi connectivity index (χ3n) is 2.80. The molecule has 2 N–H and O–H groups in total. The first-order valence-electron chi connectivity index (χ1n) is 5.84. The molecule has 1 fully saturated rings. The smallest absolute Gasteiger partial charge is 0.305 e. The number of hydrogen-bond acceptors (Lipinski definition) is 4. The Labute approximate surface area is 109 Å². The standard InChI is InChI=1S/C12H15NO4S/c14-11(15)7-8(10-4-2-6-18-10)13-12(16)9-3-1-5-17-9/h2,4,6,8-9H,1,3,5,7H2,(H,13,16)(H,14,15)/t8-,9-/m0/s1. The van der Waals surface area contributed by atoms with Gasteiger partial charge in [0.25, 0.3) is 0 Å². The Morgan fingerprint density at radius 1 is 1.61 bits per heavy atom. The molecule has 1 aromatic rings. The Morgan fingerprint density at radius 3 is 3.00 bits per heavy atom. The van der Waals surface area contributed by atoms with Crippen molar-refractivity contribution in [3.8, 4) is 0 Å². The first-order valence-corrected chi connectivity index (χ1v) is 6.72. The topological polar surface area (TPSA) is 75.6 Å². The zero-order valence-corrected chi connectivity index (χ0v) is 10.6. The fourth-order valence-electron chi connectivity index (χ4n) is 1.94. The van der Waals surface area contributed by atoms with Crippen LogP contribution in [0.5, 0.6) is 0 Å². The van der Waals surface area contributed by atoms with E-state index in [1.54, 1.807) is 0 Å². The maximum absolute atomic E-state index is 11.9. The summed E-state index contributed by atoms with van der Waals surface area (Å²) in [6.45, 7) is 0.598. The van der Waals surface area contributed by atoms with Crippen molar-refractivity contribution >= 4 is 23.2 Å². The number of ether oxygens (including phenoxy) is 1. The number of carbonyl (C=O) groups is 2. The van der Waals surface area contributed by atoms with Gasteiger partial charge in [-0.15, -0.1) is 11.3 Å². The number of aliphatic carboxylic acids is 1. The van der Waals surface area contributed by atoms with E-state index in [1.807, 2.05) is 17.5 Å². The van der Waals surface area contributed by atoms with Gasteiger partial charge in [-0.25, -0.2) is 0 Å². The van der Waals surface area contributed by atoms with Gasteiger partial charge in [0.2, 0.25) is 5.91 Å². The molecule has 5 nitrogen and oxygen atoms in total. The highest BCUT2D eigenvalue weighted by atomic mass is 32.1. The molecule has 2 rings (SSSR count). The maximum atomic E-state index is 11.9. The molecule has 6 heteroatoms. The molecular formula is C12H15NO4S. The second kappa shape index (κ2) is 5.97. The quantitative estimate of drug-likeness (QED) is 0.850. The lowest BCUT2D eigenvalue weighted by molar-refractivity contribution is -0.138. The van der Waals surface area contributed by atoms with Crippen LogP contribution in [0, 0.1) is 0 Å². The lowest BCUT2D eigenvalue weighted by atomic mass is 10.1.